The van der Waals surface area contributed by atoms with Crippen molar-refractivity contribution in [2.24, 2.45) is 0 Å². The molecule has 0 aliphatic heterocycles. The third-order valence-electron chi connectivity index (χ3n) is 2.12. The largest absolute Gasteiger partial charge is 0.375 e. The van der Waals surface area contributed by atoms with Crippen molar-refractivity contribution in [3.63, 3.8) is 0 Å². The summed E-state index contributed by atoms with van der Waals surface area (Å²) in [6.45, 7) is 0.243. The number of H-pyrrole nitrogens is 1. The van der Waals surface area contributed by atoms with Gasteiger partial charge < -0.3 is 10.3 Å². The molecule has 0 fully saturated rings. The summed E-state index contributed by atoms with van der Waals surface area (Å²) in [5, 5.41) is 2.56. The fraction of sp³-hybridized carbons (Fsp3) is 0.0909. The molecule has 0 atom stereocenters. The average molecular weight is 226 g/mol. The second kappa shape index (κ2) is 4.30. The van der Waals surface area contributed by atoms with Crippen LogP contribution in [0.15, 0.2) is 30.5 Å². The van der Waals surface area contributed by atoms with Crippen LogP contribution >= 0.6 is 0 Å². The molecule has 2 aromatic rings. The molecule has 0 bridgehead atoms. The molecule has 0 radical (unpaired) electrons. The smallest absolute Gasteiger partial charge is 0.152 e. The highest BCUT2D eigenvalue weighted by Crippen LogP contribution is 2.20. The van der Waals surface area contributed by atoms with Gasteiger partial charge in [-0.05, 0) is 12.1 Å². The van der Waals surface area contributed by atoms with E-state index in [1.165, 1.54) is 0 Å². The standard InChI is InChI=1S/C11H9F3N2/c12-7-4-9(13)11(10(14)5-7)16-6-8-2-1-3-15-8/h1-5,15-16H,6H2. The third-order valence-corrected chi connectivity index (χ3v) is 2.12. The summed E-state index contributed by atoms with van der Waals surface area (Å²) < 4.78 is 39.0. The normalized spacial score (nSPS) is 10.4. The number of hydrogen-bond donors (Lipinski definition) is 2. The number of aromatic amines is 1. The number of benzene rings is 1. The Hall–Kier alpha value is -1.91. The van der Waals surface area contributed by atoms with Gasteiger partial charge in [-0.25, -0.2) is 13.2 Å². The minimum atomic E-state index is -0.941. The highest BCUT2D eigenvalue weighted by molar-refractivity contribution is 5.46. The van der Waals surface area contributed by atoms with E-state index in [9.17, 15) is 13.2 Å². The minimum Gasteiger partial charge on any atom is -0.375 e. The van der Waals surface area contributed by atoms with Crippen molar-refractivity contribution in [1.82, 2.24) is 4.98 Å². The predicted molar refractivity (Wildman–Crippen MR) is 54.4 cm³/mol. The molecule has 1 heterocycles. The summed E-state index contributed by atoms with van der Waals surface area (Å²) >= 11 is 0. The Bertz CT molecular complexity index is 457. The molecule has 2 nitrogen and oxygen atoms in total. The van der Waals surface area contributed by atoms with Crippen LogP contribution in [-0.4, -0.2) is 4.98 Å². The van der Waals surface area contributed by atoms with Crippen LogP contribution in [0.25, 0.3) is 0 Å². The summed E-state index contributed by atoms with van der Waals surface area (Å²) in [5.74, 6) is -2.81. The summed E-state index contributed by atoms with van der Waals surface area (Å²) in [4.78, 5) is 2.88. The number of halogens is 3. The fourth-order valence-electron chi connectivity index (χ4n) is 1.37. The van der Waals surface area contributed by atoms with Gasteiger partial charge in [0.05, 0.1) is 6.54 Å². The molecular weight excluding hydrogens is 217 g/mol. The van der Waals surface area contributed by atoms with Crippen molar-refractivity contribution in [2.75, 3.05) is 5.32 Å². The molecule has 0 aliphatic rings. The van der Waals surface area contributed by atoms with Crippen LogP contribution in [0.4, 0.5) is 18.9 Å². The fourth-order valence-corrected chi connectivity index (χ4v) is 1.37. The first-order chi connectivity index (χ1) is 7.66. The lowest BCUT2D eigenvalue weighted by Crippen LogP contribution is -2.04. The zero-order chi connectivity index (χ0) is 11.5. The van der Waals surface area contributed by atoms with E-state index in [1.807, 2.05) is 0 Å². The Morgan fingerprint density at radius 3 is 2.38 bits per heavy atom. The van der Waals surface area contributed by atoms with Crippen LogP contribution in [0.2, 0.25) is 0 Å². The van der Waals surface area contributed by atoms with Crippen LogP contribution in [0.3, 0.4) is 0 Å². The van der Waals surface area contributed by atoms with Crippen LogP contribution in [-0.2, 0) is 6.54 Å². The van der Waals surface area contributed by atoms with E-state index < -0.39 is 17.5 Å². The highest BCUT2D eigenvalue weighted by Gasteiger charge is 2.10. The van der Waals surface area contributed by atoms with E-state index in [1.54, 1.807) is 18.3 Å². The van der Waals surface area contributed by atoms with Crippen molar-refractivity contribution < 1.29 is 13.2 Å². The van der Waals surface area contributed by atoms with Crippen LogP contribution < -0.4 is 5.32 Å². The zero-order valence-electron chi connectivity index (χ0n) is 8.23. The van der Waals surface area contributed by atoms with E-state index >= 15 is 0 Å². The first kappa shape index (κ1) is 10.6. The van der Waals surface area contributed by atoms with E-state index in [0.717, 1.165) is 5.69 Å². The lowest BCUT2D eigenvalue weighted by molar-refractivity contribution is 0.547. The SMILES string of the molecule is Fc1cc(F)c(NCc2ccc[nH]2)c(F)c1. The molecule has 0 saturated carbocycles. The van der Waals surface area contributed by atoms with Gasteiger partial charge in [0.15, 0.2) is 11.6 Å². The van der Waals surface area contributed by atoms with E-state index in [2.05, 4.69) is 10.3 Å². The maximum absolute atomic E-state index is 13.2. The van der Waals surface area contributed by atoms with Gasteiger partial charge in [0.25, 0.3) is 0 Å². The van der Waals surface area contributed by atoms with Gasteiger partial charge in [0.1, 0.15) is 11.5 Å². The van der Waals surface area contributed by atoms with Crippen molar-refractivity contribution in [2.45, 2.75) is 6.54 Å². The maximum Gasteiger partial charge on any atom is 0.152 e. The van der Waals surface area contributed by atoms with Gasteiger partial charge in [-0.1, -0.05) is 0 Å². The van der Waals surface area contributed by atoms with E-state index in [0.29, 0.717) is 12.1 Å². The molecule has 0 aliphatic carbocycles. The second-order valence-electron chi connectivity index (χ2n) is 3.29. The number of rotatable bonds is 3. The molecule has 5 heteroatoms. The Balaban J connectivity index is 2.15. The van der Waals surface area contributed by atoms with Gasteiger partial charge in [-0.2, -0.15) is 0 Å². The predicted octanol–water partition coefficient (Wildman–Crippen LogP) is 3.04. The molecule has 2 rings (SSSR count). The number of aromatic nitrogens is 1. The summed E-state index contributed by atoms with van der Waals surface area (Å²) in [6, 6.07) is 4.82. The molecule has 0 spiro atoms. The van der Waals surface area contributed by atoms with Crippen molar-refractivity contribution in [3.8, 4) is 0 Å². The quantitative estimate of drug-likeness (QED) is 0.827. The molecule has 0 amide bonds. The summed E-state index contributed by atoms with van der Waals surface area (Å²) in [5.41, 5.74) is 0.458. The third kappa shape index (κ3) is 2.18. The Labute approximate surface area is 90.1 Å². The molecule has 2 N–H and O–H groups in total. The van der Waals surface area contributed by atoms with Gasteiger partial charge in [0, 0.05) is 24.0 Å². The maximum atomic E-state index is 13.2. The molecular formula is C11H9F3N2. The summed E-state index contributed by atoms with van der Waals surface area (Å²) in [7, 11) is 0. The number of anilines is 1. The molecule has 0 saturated heterocycles. The lowest BCUT2D eigenvalue weighted by Gasteiger charge is -2.07. The Morgan fingerprint density at radius 1 is 1.12 bits per heavy atom. The van der Waals surface area contributed by atoms with Crippen molar-refractivity contribution >= 4 is 5.69 Å². The number of hydrogen-bond acceptors (Lipinski definition) is 1. The molecule has 1 aromatic carbocycles. The van der Waals surface area contributed by atoms with E-state index in [4.69, 9.17) is 0 Å². The monoisotopic (exact) mass is 226 g/mol. The van der Waals surface area contributed by atoms with E-state index in [-0.39, 0.29) is 12.2 Å². The zero-order valence-corrected chi connectivity index (χ0v) is 8.23. The van der Waals surface area contributed by atoms with Crippen LogP contribution in [0, 0.1) is 17.5 Å². The average Bonchev–Trinajstić information content (AvgIpc) is 2.68. The Kier molecular flexibility index (Phi) is 2.85. The highest BCUT2D eigenvalue weighted by atomic mass is 19.1. The number of nitrogens with one attached hydrogen (secondary N) is 2. The second-order valence-corrected chi connectivity index (χ2v) is 3.29. The first-order valence-electron chi connectivity index (χ1n) is 4.67. The van der Waals surface area contributed by atoms with Crippen LogP contribution in [0.5, 0.6) is 0 Å². The lowest BCUT2D eigenvalue weighted by atomic mass is 10.2. The van der Waals surface area contributed by atoms with Gasteiger partial charge >= 0.3 is 0 Å². The molecule has 16 heavy (non-hydrogen) atoms. The Morgan fingerprint density at radius 2 is 1.81 bits per heavy atom. The molecule has 1 aromatic heterocycles. The van der Waals surface area contributed by atoms with Crippen LogP contribution in [0.1, 0.15) is 5.69 Å². The van der Waals surface area contributed by atoms with Gasteiger partial charge in [-0.15, -0.1) is 0 Å². The van der Waals surface area contributed by atoms with Crippen molar-refractivity contribution in [1.29, 1.82) is 0 Å². The molecule has 84 valence electrons. The summed E-state index contributed by atoms with van der Waals surface area (Å²) in [6.07, 6.45) is 1.70. The van der Waals surface area contributed by atoms with Crippen molar-refractivity contribution in [3.05, 3.63) is 53.6 Å². The van der Waals surface area contributed by atoms with Gasteiger partial charge in [0.2, 0.25) is 0 Å². The minimum absolute atomic E-state index is 0.243. The topological polar surface area (TPSA) is 27.8 Å². The molecule has 0 unspecified atom stereocenters. The first-order valence-corrected chi connectivity index (χ1v) is 4.67. The van der Waals surface area contributed by atoms with Gasteiger partial charge in [-0.3, -0.25) is 0 Å².